The van der Waals surface area contributed by atoms with Crippen molar-refractivity contribution < 1.29 is 28.6 Å². The van der Waals surface area contributed by atoms with Crippen molar-refractivity contribution in [1.82, 2.24) is 0 Å². The molecule has 0 N–H and O–H groups in total. The van der Waals surface area contributed by atoms with Crippen molar-refractivity contribution in [3.63, 3.8) is 0 Å². The molecule has 0 radical (unpaired) electrons. The zero-order valence-electron chi connectivity index (χ0n) is 45.2. The molecule has 0 aromatic heterocycles. The minimum absolute atomic E-state index is 0.0727. The zero-order valence-corrected chi connectivity index (χ0v) is 45.2. The Hall–Kier alpha value is -2.11. The Morgan fingerprint density at radius 3 is 0.746 bits per heavy atom. The van der Waals surface area contributed by atoms with E-state index in [2.05, 4.69) is 45.1 Å². The van der Waals surface area contributed by atoms with Gasteiger partial charge in [-0.2, -0.15) is 0 Å². The third-order valence-electron chi connectivity index (χ3n) is 13.4. The first-order chi connectivity index (χ1) is 33.0. The first-order valence-electron chi connectivity index (χ1n) is 29.8. The lowest BCUT2D eigenvalue weighted by Gasteiger charge is -2.18. The van der Waals surface area contributed by atoms with Crippen LogP contribution in [0.4, 0.5) is 0 Å². The summed E-state index contributed by atoms with van der Waals surface area (Å²) in [5.74, 6) is -0.869. The molecule has 0 bridgehead atoms. The molecule has 0 saturated carbocycles. The first-order valence-corrected chi connectivity index (χ1v) is 29.8. The van der Waals surface area contributed by atoms with Crippen LogP contribution in [0.25, 0.3) is 0 Å². The van der Waals surface area contributed by atoms with Crippen molar-refractivity contribution in [2.45, 2.75) is 335 Å². The van der Waals surface area contributed by atoms with Crippen LogP contribution in [0.5, 0.6) is 0 Å². The summed E-state index contributed by atoms with van der Waals surface area (Å²) in [5, 5.41) is 0. The fraction of sp³-hybridized carbons (Fsp3) is 0.885. The number of unbranched alkanes of at least 4 members (excludes halogenated alkanes) is 40. The average Bonchev–Trinajstić information content (AvgIpc) is 3.33. The van der Waals surface area contributed by atoms with E-state index in [1.165, 1.54) is 218 Å². The van der Waals surface area contributed by atoms with E-state index in [4.69, 9.17) is 14.2 Å². The maximum absolute atomic E-state index is 12.8. The summed E-state index contributed by atoms with van der Waals surface area (Å²) in [5.41, 5.74) is 0. The van der Waals surface area contributed by atoms with Crippen molar-refractivity contribution in [3.05, 3.63) is 24.3 Å². The van der Waals surface area contributed by atoms with Crippen molar-refractivity contribution in [2.75, 3.05) is 13.2 Å². The largest absolute Gasteiger partial charge is 0.462 e. The summed E-state index contributed by atoms with van der Waals surface area (Å²) >= 11 is 0. The second-order valence-electron chi connectivity index (χ2n) is 20.3. The smallest absolute Gasteiger partial charge is 0.306 e. The summed E-state index contributed by atoms with van der Waals surface area (Å²) in [6.07, 6.45) is 66.0. The third-order valence-corrected chi connectivity index (χ3v) is 13.4. The molecule has 0 saturated heterocycles. The van der Waals surface area contributed by atoms with Crippen LogP contribution in [-0.2, 0) is 28.6 Å². The van der Waals surface area contributed by atoms with Crippen LogP contribution in [0.15, 0.2) is 24.3 Å². The van der Waals surface area contributed by atoms with Crippen LogP contribution in [0, 0.1) is 0 Å². The molecule has 0 spiro atoms. The van der Waals surface area contributed by atoms with Gasteiger partial charge in [-0.25, -0.2) is 0 Å². The molecule has 1 atom stereocenters. The first kappa shape index (κ1) is 64.9. The molecule has 0 aromatic rings. The molecule has 0 aliphatic heterocycles. The summed E-state index contributed by atoms with van der Waals surface area (Å²) in [6, 6.07) is 0. The van der Waals surface area contributed by atoms with Gasteiger partial charge in [0.1, 0.15) is 13.2 Å². The molecule has 0 aromatic carbocycles. The van der Waals surface area contributed by atoms with Crippen molar-refractivity contribution in [1.29, 1.82) is 0 Å². The fourth-order valence-corrected chi connectivity index (χ4v) is 8.91. The quantitative estimate of drug-likeness (QED) is 0.0262. The summed E-state index contributed by atoms with van der Waals surface area (Å²) in [7, 11) is 0. The van der Waals surface area contributed by atoms with E-state index in [1.807, 2.05) is 0 Å². The van der Waals surface area contributed by atoms with E-state index < -0.39 is 6.10 Å². The average molecular weight is 944 g/mol. The Labute approximate surface area is 417 Å². The van der Waals surface area contributed by atoms with Gasteiger partial charge in [0, 0.05) is 19.3 Å². The van der Waals surface area contributed by atoms with Crippen LogP contribution in [0.2, 0.25) is 0 Å². The van der Waals surface area contributed by atoms with Crippen LogP contribution in [0.3, 0.4) is 0 Å². The van der Waals surface area contributed by atoms with E-state index >= 15 is 0 Å². The van der Waals surface area contributed by atoms with E-state index in [1.54, 1.807) is 0 Å². The predicted molar refractivity (Wildman–Crippen MR) is 289 cm³/mol. The molecule has 6 heteroatoms. The van der Waals surface area contributed by atoms with Gasteiger partial charge >= 0.3 is 17.9 Å². The summed E-state index contributed by atoms with van der Waals surface area (Å²) < 4.78 is 16.9. The van der Waals surface area contributed by atoms with Gasteiger partial charge in [-0.1, -0.05) is 263 Å². The number of ether oxygens (including phenoxy) is 3. The molecule has 6 nitrogen and oxygen atoms in total. The minimum Gasteiger partial charge on any atom is -0.462 e. The predicted octanol–water partition coefficient (Wildman–Crippen LogP) is 19.9. The highest BCUT2D eigenvalue weighted by molar-refractivity contribution is 5.71. The van der Waals surface area contributed by atoms with Crippen LogP contribution in [-0.4, -0.2) is 37.2 Å². The van der Waals surface area contributed by atoms with Gasteiger partial charge in [0.15, 0.2) is 6.10 Å². The maximum atomic E-state index is 12.8. The maximum Gasteiger partial charge on any atom is 0.306 e. The minimum atomic E-state index is -0.775. The SMILES string of the molecule is CCCCCCC/C=C\CCCCCCCC(=O)OCC(COC(=O)CCCCCCCCCCCCCCCCCCCCCC)OC(=O)CCCCCCC/C=C\CCCCCCCC. The van der Waals surface area contributed by atoms with E-state index in [0.29, 0.717) is 19.3 Å². The van der Waals surface area contributed by atoms with E-state index in [-0.39, 0.29) is 31.1 Å². The Morgan fingerprint density at radius 2 is 0.493 bits per heavy atom. The highest BCUT2D eigenvalue weighted by Crippen LogP contribution is 2.17. The molecule has 0 heterocycles. The molecule has 0 rings (SSSR count). The van der Waals surface area contributed by atoms with Gasteiger partial charge < -0.3 is 14.2 Å². The number of hydrogen-bond donors (Lipinski definition) is 0. The lowest BCUT2D eigenvalue weighted by molar-refractivity contribution is -0.167. The van der Waals surface area contributed by atoms with Crippen molar-refractivity contribution in [3.8, 4) is 0 Å². The number of hydrogen-bond acceptors (Lipinski definition) is 6. The van der Waals surface area contributed by atoms with Crippen LogP contribution < -0.4 is 0 Å². The number of rotatable bonds is 55. The molecule has 1 unspecified atom stereocenters. The number of carbonyl (C=O) groups is 3. The van der Waals surface area contributed by atoms with Gasteiger partial charge in [-0.3, -0.25) is 14.4 Å². The van der Waals surface area contributed by atoms with Gasteiger partial charge in [0.2, 0.25) is 0 Å². The monoisotopic (exact) mass is 943 g/mol. The normalized spacial score (nSPS) is 12.1. The Balaban J connectivity index is 4.31. The summed E-state index contributed by atoms with van der Waals surface area (Å²) in [6.45, 7) is 6.66. The van der Waals surface area contributed by atoms with E-state index in [9.17, 15) is 14.4 Å². The second kappa shape index (κ2) is 56.5. The summed E-state index contributed by atoms with van der Waals surface area (Å²) in [4.78, 5) is 38.2. The molecule has 0 aliphatic carbocycles. The number of carbonyl (C=O) groups excluding carboxylic acids is 3. The van der Waals surface area contributed by atoms with Gasteiger partial charge in [0.05, 0.1) is 0 Å². The van der Waals surface area contributed by atoms with Gasteiger partial charge in [-0.05, 0) is 70.6 Å². The van der Waals surface area contributed by atoms with E-state index in [0.717, 1.165) is 70.6 Å². The highest BCUT2D eigenvalue weighted by Gasteiger charge is 2.19. The second-order valence-corrected chi connectivity index (χ2v) is 20.3. The van der Waals surface area contributed by atoms with Crippen molar-refractivity contribution in [2.24, 2.45) is 0 Å². The van der Waals surface area contributed by atoms with Gasteiger partial charge in [0.25, 0.3) is 0 Å². The Kier molecular flexibility index (Phi) is 54.7. The lowest BCUT2D eigenvalue weighted by atomic mass is 10.0. The van der Waals surface area contributed by atoms with Crippen LogP contribution in [0.1, 0.15) is 329 Å². The number of esters is 3. The Bertz CT molecular complexity index is 1080. The van der Waals surface area contributed by atoms with Crippen LogP contribution >= 0.6 is 0 Å². The molecule has 0 amide bonds. The molecule has 0 fully saturated rings. The third kappa shape index (κ3) is 54.7. The fourth-order valence-electron chi connectivity index (χ4n) is 8.91. The Morgan fingerprint density at radius 1 is 0.284 bits per heavy atom. The molecular formula is C61H114O6. The molecule has 394 valence electrons. The standard InChI is InChI=1S/C61H114O6/c1-4-7-10-13-16-19-22-25-28-29-30-31-32-34-36-39-42-45-48-51-54-60(63)66-57-58(56-65-59(62)53-50-47-44-41-38-35-27-24-21-18-15-12-9-6-3)67-61(64)55-52-49-46-43-40-37-33-26-23-20-17-14-11-8-5-2/h24,26-27,33,58H,4-23,25,28-32,34-57H2,1-3H3/b27-24-,33-26-. The molecule has 0 aliphatic rings. The van der Waals surface area contributed by atoms with Crippen molar-refractivity contribution >= 4 is 17.9 Å². The topological polar surface area (TPSA) is 78.9 Å². The highest BCUT2D eigenvalue weighted by atomic mass is 16.6. The lowest BCUT2D eigenvalue weighted by Crippen LogP contribution is -2.30. The zero-order chi connectivity index (χ0) is 48.6. The van der Waals surface area contributed by atoms with Gasteiger partial charge in [-0.15, -0.1) is 0 Å². The number of allylic oxidation sites excluding steroid dienone is 4. The molecule has 67 heavy (non-hydrogen) atoms. The molecular weight excluding hydrogens is 829 g/mol.